The van der Waals surface area contributed by atoms with Crippen molar-refractivity contribution in [3.05, 3.63) is 76.8 Å². The number of carbonyl (C=O) groups is 1. The molecule has 35 heavy (non-hydrogen) atoms. The third-order valence-electron chi connectivity index (χ3n) is 5.47. The van der Waals surface area contributed by atoms with Crippen LogP contribution in [0.3, 0.4) is 0 Å². The van der Waals surface area contributed by atoms with Crippen molar-refractivity contribution in [3.8, 4) is 5.75 Å². The number of anilines is 1. The summed E-state index contributed by atoms with van der Waals surface area (Å²) in [5.41, 5.74) is 1.47. The minimum atomic E-state index is -1.12. The van der Waals surface area contributed by atoms with Crippen molar-refractivity contribution in [2.45, 2.75) is 18.4 Å². The van der Waals surface area contributed by atoms with Crippen molar-refractivity contribution in [2.24, 2.45) is 5.16 Å². The highest BCUT2D eigenvalue weighted by Crippen LogP contribution is 2.40. The van der Waals surface area contributed by atoms with Gasteiger partial charge in [0.2, 0.25) is 5.79 Å². The van der Waals surface area contributed by atoms with Crippen molar-refractivity contribution in [2.75, 3.05) is 31.2 Å². The topological polar surface area (TPSA) is 98.4 Å². The van der Waals surface area contributed by atoms with Crippen molar-refractivity contribution < 1.29 is 24.2 Å². The second kappa shape index (κ2) is 11.5. The molecule has 0 bridgehead atoms. The van der Waals surface area contributed by atoms with Gasteiger partial charge in [0.1, 0.15) is 24.7 Å². The zero-order chi connectivity index (χ0) is 24.7. The Balaban J connectivity index is 1.44. The SMILES string of the molecule is O=CCN(C/C=N/O)c1ccc(OC[C@H]2CO[C@](Cn3ccnc3)(c3ccc(Cl)cc3Cl)O2)cc1. The van der Waals surface area contributed by atoms with Gasteiger partial charge in [0.15, 0.2) is 0 Å². The zero-order valence-corrected chi connectivity index (χ0v) is 20.2. The molecule has 0 aliphatic carbocycles. The van der Waals surface area contributed by atoms with Crippen LogP contribution in [-0.2, 0) is 26.6 Å². The molecule has 4 rings (SSSR count). The number of aldehydes is 1. The number of benzene rings is 2. The van der Waals surface area contributed by atoms with Crippen LogP contribution in [-0.4, -0.2) is 59.7 Å². The lowest BCUT2D eigenvalue weighted by molar-refractivity contribution is -0.189. The molecule has 9 nitrogen and oxygen atoms in total. The van der Waals surface area contributed by atoms with Gasteiger partial charge in [-0.05, 0) is 36.4 Å². The van der Waals surface area contributed by atoms with Crippen molar-refractivity contribution in [1.29, 1.82) is 0 Å². The minimum absolute atomic E-state index is 0.172. The lowest BCUT2D eigenvalue weighted by Gasteiger charge is -2.30. The lowest BCUT2D eigenvalue weighted by Crippen LogP contribution is -2.34. The molecule has 11 heteroatoms. The van der Waals surface area contributed by atoms with Gasteiger partial charge in [0.05, 0.1) is 43.8 Å². The summed E-state index contributed by atoms with van der Waals surface area (Å²) in [5, 5.41) is 12.6. The number of nitrogens with zero attached hydrogens (tertiary/aromatic N) is 4. The molecule has 2 heterocycles. The van der Waals surface area contributed by atoms with Crippen LogP contribution >= 0.6 is 23.2 Å². The minimum Gasteiger partial charge on any atom is -0.491 e. The van der Waals surface area contributed by atoms with E-state index in [1.807, 2.05) is 22.9 Å². The van der Waals surface area contributed by atoms with Gasteiger partial charge in [-0.2, -0.15) is 0 Å². The van der Waals surface area contributed by atoms with Crippen LogP contribution in [0, 0.1) is 0 Å². The van der Waals surface area contributed by atoms with E-state index < -0.39 is 5.79 Å². The molecule has 0 amide bonds. The predicted octanol–water partition coefficient (Wildman–Crippen LogP) is 4.00. The summed E-state index contributed by atoms with van der Waals surface area (Å²) >= 11 is 12.6. The van der Waals surface area contributed by atoms with Crippen LogP contribution in [0.5, 0.6) is 5.75 Å². The Bertz CT molecular complexity index is 1140. The highest BCUT2D eigenvalue weighted by Gasteiger charge is 2.45. The van der Waals surface area contributed by atoms with E-state index in [0.717, 1.165) is 12.0 Å². The second-order valence-corrected chi connectivity index (χ2v) is 8.68. The van der Waals surface area contributed by atoms with E-state index in [9.17, 15) is 4.79 Å². The third-order valence-corrected chi connectivity index (χ3v) is 6.02. The van der Waals surface area contributed by atoms with Crippen molar-refractivity contribution in [3.63, 3.8) is 0 Å². The fourth-order valence-corrected chi connectivity index (χ4v) is 4.38. The number of oxime groups is 1. The molecule has 0 radical (unpaired) electrons. The summed E-state index contributed by atoms with van der Waals surface area (Å²) < 4.78 is 20.4. The van der Waals surface area contributed by atoms with E-state index in [1.54, 1.807) is 47.8 Å². The maximum Gasteiger partial charge on any atom is 0.215 e. The fourth-order valence-electron chi connectivity index (χ4n) is 3.83. The molecule has 2 aromatic carbocycles. The molecule has 3 aromatic rings. The molecule has 1 saturated heterocycles. The molecule has 0 unspecified atom stereocenters. The van der Waals surface area contributed by atoms with Crippen LogP contribution in [0.15, 0.2) is 66.3 Å². The van der Waals surface area contributed by atoms with Crippen molar-refractivity contribution >= 4 is 41.4 Å². The van der Waals surface area contributed by atoms with Gasteiger partial charge in [-0.3, -0.25) is 0 Å². The molecule has 0 saturated carbocycles. The highest BCUT2D eigenvalue weighted by molar-refractivity contribution is 6.35. The number of imidazole rings is 1. The van der Waals surface area contributed by atoms with Crippen LogP contribution < -0.4 is 9.64 Å². The summed E-state index contributed by atoms with van der Waals surface area (Å²) in [4.78, 5) is 16.8. The standard InChI is InChI=1S/C24H24Cl2N4O5/c25-18-1-6-22(23(26)13-18)24(16-29-9-7-27-17-29)34-15-21(35-24)14-33-20-4-2-19(3-5-20)30(11-12-31)10-8-28-32/h1-9,12-13,17,21,32H,10-11,14-16H2/b28-8+/t21-,24-/m0/s1. The van der Waals surface area contributed by atoms with Gasteiger partial charge in [-0.1, -0.05) is 29.3 Å². The van der Waals surface area contributed by atoms with Gasteiger partial charge in [0, 0.05) is 28.7 Å². The average Bonchev–Trinajstić information content (AvgIpc) is 3.51. The smallest absolute Gasteiger partial charge is 0.215 e. The molecule has 1 fully saturated rings. The first-order valence-corrected chi connectivity index (χ1v) is 11.6. The molecular formula is C24H24Cl2N4O5. The lowest BCUT2D eigenvalue weighted by atomic mass is 10.1. The Hall–Kier alpha value is -3.11. The number of hydrogen-bond acceptors (Lipinski definition) is 8. The molecule has 1 aromatic heterocycles. The quantitative estimate of drug-likeness (QED) is 0.177. The average molecular weight is 519 g/mol. The largest absolute Gasteiger partial charge is 0.491 e. The highest BCUT2D eigenvalue weighted by atomic mass is 35.5. The predicted molar refractivity (Wildman–Crippen MR) is 132 cm³/mol. The number of rotatable bonds is 11. The van der Waals surface area contributed by atoms with E-state index in [4.69, 9.17) is 42.6 Å². The van der Waals surface area contributed by atoms with Gasteiger partial charge < -0.3 is 33.7 Å². The summed E-state index contributed by atoms with van der Waals surface area (Å²) in [7, 11) is 0. The fraction of sp³-hybridized carbons (Fsp3) is 0.292. The van der Waals surface area contributed by atoms with E-state index in [0.29, 0.717) is 41.1 Å². The maximum atomic E-state index is 10.9. The van der Waals surface area contributed by atoms with E-state index in [2.05, 4.69) is 10.1 Å². The van der Waals surface area contributed by atoms with Gasteiger partial charge in [0.25, 0.3) is 0 Å². The zero-order valence-electron chi connectivity index (χ0n) is 18.7. The van der Waals surface area contributed by atoms with Crippen LogP contribution in [0.1, 0.15) is 5.56 Å². The summed E-state index contributed by atoms with van der Waals surface area (Å²) in [6, 6.07) is 12.5. The Morgan fingerprint density at radius 3 is 2.77 bits per heavy atom. The molecule has 0 spiro atoms. The second-order valence-electron chi connectivity index (χ2n) is 7.84. The molecule has 1 N–H and O–H groups in total. The van der Waals surface area contributed by atoms with Gasteiger partial charge >= 0.3 is 0 Å². The molecule has 1 aliphatic rings. The number of ether oxygens (including phenoxy) is 3. The van der Waals surface area contributed by atoms with E-state index in [-0.39, 0.29) is 19.3 Å². The monoisotopic (exact) mass is 518 g/mol. The Kier molecular flexibility index (Phi) is 8.25. The summed E-state index contributed by atoms with van der Waals surface area (Å²) in [6.45, 7) is 1.38. The third kappa shape index (κ3) is 6.12. The Labute approximate surface area is 212 Å². The normalized spacial score (nSPS) is 19.8. The number of carbonyl (C=O) groups excluding carboxylic acids is 1. The maximum absolute atomic E-state index is 10.9. The van der Waals surface area contributed by atoms with Crippen LogP contribution in [0.25, 0.3) is 0 Å². The van der Waals surface area contributed by atoms with Crippen molar-refractivity contribution in [1.82, 2.24) is 9.55 Å². The number of hydrogen-bond donors (Lipinski definition) is 1. The number of aromatic nitrogens is 2. The van der Waals surface area contributed by atoms with Gasteiger partial charge in [-0.15, -0.1) is 5.16 Å². The van der Waals surface area contributed by atoms with Crippen LogP contribution in [0.2, 0.25) is 10.0 Å². The molecule has 1 aliphatic heterocycles. The number of halogens is 2. The summed E-state index contributed by atoms with van der Waals surface area (Å²) in [5.74, 6) is -0.486. The Morgan fingerprint density at radius 2 is 2.09 bits per heavy atom. The first kappa shape index (κ1) is 25.0. The van der Waals surface area contributed by atoms with E-state index >= 15 is 0 Å². The van der Waals surface area contributed by atoms with Gasteiger partial charge in [-0.25, -0.2) is 4.98 Å². The van der Waals surface area contributed by atoms with E-state index in [1.165, 1.54) is 6.21 Å². The first-order valence-electron chi connectivity index (χ1n) is 10.8. The molecular weight excluding hydrogens is 495 g/mol. The molecule has 184 valence electrons. The van der Waals surface area contributed by atoms with Crippen LogP contribution in [0.4, 0.5) is 5.69 Å². The summed E-state index contributed by atoms with van der Waals surface area (Å²) in [6.07, 6.45) is 6.94. The molecule has 2 atom stereocenters. The Morgan fingerprint density at radius 1 is 1.26 bits per heavy atom. The first-order chi connectivity index (χ1) is 17.0.